The van der Waals surface area contributed by atoms with Crippen molar-refractivity contribution in [3.63, 3.8) is 0 Å². The van der Waals surface area contributed by atoms with Gasteiger partial charge in [0.05, 0.1) is 32.8 Å². The largest absolute Gasteiger partial charge is 0.455 e. The van der Waals surface area contributed by atoms with Crippen LogP contribution in [-0.2, 0) is 0 Å². The van der Waals surface area contributed by atoms with E-state index in [9.17, 15) is 0 Å². The molecule has 0 amide bonds. The Labute approximate surface area is 365 Å². The average molecular weight is 805 g/mol. The Kier molecular flexibility index (Phi) is 8.48. The van der Waals surface area contributed by atoms with Gasteiger partial charge in [-0.3, -0.25) is 0 Å². The highest BCUT2D eigenvalue weighted by Gasteiger charge is 2.23. The maximum Gasteiger partial charge on any atom is 0.145 e. The summed E-state index contributed by atoms with van der Waals surface area (Å²) >= 11 is 0. The van der Waals surface area contributed by atoms with Gasteiger partial charge >= 0.3 is 0 Å². The molecule has 3 heterocycles. The lowest BCUT2D eigenvalue weighted by Gasteiger charge is -2.09. The van der Waals surface area contributed by atoms with E-state index in [1.165, 1.54) is 27.8 Å². The van der Waals surface area contributed by atoms with Crippen LogP contribution in [0.3, 0.4) is 0 Å². The minimum atomic E-state index is 0.866. The normalized spacial score (nSPS) is 12.0. The molecule has 0 atom stereocenters. The van der Waals surface area contributed by atoms with Gasteiger partial charge < -0.3 is 13.6 Å². The first kappa shape index (κ1) is 36.5. The quantitative estimate of drug-likeness (QED) is 0.140. The topological polar surface area (TPSA) is 23.0 Å². The molecule has 0 radical (unpaired) electrons. The molecule has 0 aliphatic carbocycles. The van der Waals surface area contributed by atoms with Crippen LogP contribution in [0, 0.1) is 0 Å². The number of aromatic nitrogens is 2. The lowest BCUT2D eigenvalue weighted by molar-refractivity contribution is 0.677. The van der Waals surface area contributed by atoms with Gasteiger partial charge in [0.2, 0.25) is 0 Å². The molecule has 0 aliphatic heterocycles. The highest BCUT2D eigenvalue weighted by atomic mass is 16.3. The molecule has 0 saturated carbocycles. The van der Waals surface area contributed by atoms with E-state index in [-0.39, 0.29) is 0 Å². The van der Waals surface area contributed by atoms with Crippen molar-refractivity contribution in [3.05, 3.63) is 232 Å². The molecule has 0 saturated heterocycles. The number of para-hydroxylation sites is 1. The van der Waals surface area contributed by atoms with Crippen molar-refractivity contribution in [1.29, 1.82) is 0 Å². The van der Waals surface area contributed by atoms with E-state index < -0.39 is 0 Å². The molecule has 0 N–H and O–H groups in total. The molecule has 0 fully saturated rings. The molecule has 12 rings (SSSR count). The van der Waals surface area contributed by atoms with Crippen molar-refractivity contribution in [1.82, 2.24) is 9.13 Å². The fourth-order valence-corrected chi connectivity index (χ4v) is 9.72. The second-order valence-electron chi connectivity index (χ2n) is 16.2. The van der Waals surface area contributed by atoms with E-state index in [1.807, 2.05) is 18.2 Å². The molecule has 63 heavy (non-hydrogen) atoms. The van der Waals surface area contributed by atoms with Gasteiger partial charge in [-0.15, -0.1) is 0 Å². The van der Waals surface area contributed by atoms with Crippen molar-refractivity contribution in [2.75, 3.05) is 0 Å². The lowest BCUT2D eigenvalue weighted by Crippen LogP contribution is -1.94. The van der Waals surface area contributed by atoms with E-state index in [1.54, 1.807) is 0 Å². The van der Waals surface area contributed by atoms with Gasteiger partial charge in [-0.25, -0.2) is 0 Å². The van der Waals surface area contributed by atoms with Gasteiger partial charge in [-0.05, 0) is 117 Å². The van der Waals surface area contributed by atoms with Gasteiger partial charge in [-0.2, -0.15) is 0 Å². The van der Waals surface area contributed by atoms with Crippen LogP contribution in [0.1, 0.15) is 0 Å². The number of hydrogen-bond acceptors (Lipinski definition) is 1. The summed E-state index contributed by atoms with van der Waals surface area (Å²) in [6.45, 7) is 8.26. The second kappa shape index (κ2) is 14.7. The summed E-state index contributed by atoms with van der Waals surface area (Å²) < 4.78 is 12.0. The van der Waals surface area contributed by atoms with Crippen LogP contribution in [0.2, 0.25) is 0 Å². The number of rotatable bonds is 8. The number of furan rings is 1. The number of hydrogen-bond donors (Lipinski definition) is 0. The van der Waals surface area contributed by atoms with Crippen molar-refractivity contribution in [2.45, 2.75) is 0 Å². The number of fused-ring (bicyclic) bond motifs is 11. The highest BCUT2D eigenvalue weighted by Crippen LogP contribution is 2.46. The van der Waals surface area contributed by atoms with Gasteiger partial charge in [0.1, 0.15) is 11.2 Å². The van der Waals surface area contributed by atoms with Crippen LogP contribution in [0.4, 0.5) is 0 Å². The molecule has 296 valence electrons. The molecule has 3 heteroatoms. The summed E-state index contributed by atoms with van der Waals surface area (Å²) in [4.78, 5) is 0. The van der Waals surface area contributed by atoms with Crippen molar-refractivity contribution >= 4 is 71.2 Å². The second-order valence-corrected chi connectivity index (χ2v) is 16.2. The van der Waals surface area contributed by atoms with E-state index in [4.69, 9.17) is 4.42 Å². The Morgan fingerprint density at radius 2 is 0.794 bits per heavy atom. The van der Waals surface area contributed by atoms with E-state index in [0.29, 0.717) is 0 Å². The summed E-state index contributed by atoms with van der Waals surface area (Å²) in [6, 6.07) is 72.0. The average Bonchev–Trinajstić information content (AvgIpc) is 4.01. The third-order valence-corrected chi connectivity index (χ3v) is 12.7. The third kappa shape index (κ3) is 5.82. The first-order valence-electron chi connectivity index (χ1n) is 21.4. The zero-order valence-corrected chi connectivity index (χ0v) is 34.5. The summed E-state index contributed by atoms with van der Waals surface area (Å²) in [5.74, 6) is 0. The summed E-state index contributed by atoms with van der Waals surface area (Å²) in [6.07, 6.45) is 5.73. The van der Waals surface area contributed by atoms with Crippen molar-refractivity contribution in [2.24, 2.45) is 0 Å². The zero-order valence-electron chi connectivity index (χ0n) is 34.5. The van der Waals surface area contributed by atoms with E-state index >= 15 is 0 Å². The lowest BCUT2D eigenvalue weighted by atomic mass is 9.98. The molecule has 12 aromatic rings. The van der Waals surface area contributed by atoms with Crippen LogP contribution < -0.4 is 0 Å². The summed E-state index contributed by atoms with van der Waals surface area (Å²) in [7, 11) is 0. The fourth-order valence-electron chi connectivity index (χ4n) is 9.72. The number of nitrogens with zero attached hydrogens (tertiary/aromatic N) is 2. The van der Waals surface area contributed by atoms with Gasteiger partial charge in [0.25, 0.3) is 0 Å². The van der Waals surface area contributed by atoms with Crippen LogP contribution >= 0.6 is 0 Å². The van der Waals surface area contributed by atoms with Crippen molar-refractivity contribution in [3.8, 4) is 50.2 Å². The molecule has 3 nitrogen and oxygen atoms in total. The molecule has 3 aromatic heterocycles. The predicted octanol–water partition coefficient (Wildman–Crippen LogP) is 16.7. The molecule has 0 spiro atoms. The Morgan fingerprint density at radius 3 is 1.32 bits per heavy atom. The Morgan fingerprint density at radius 1 is 0.381 bits per heavy atom. The smallest absolute Gasteiger partial charge is 0.145 e. The zero-order chi connectivity index (χ0) is 42.0. The molecular formula is C60H40N2O. The molecular weight excluding hydrogens is 765 g/mol. The first-order chi connectivity index (χ1) is 31.2. The number of allylic oxidation sites excluding steroid dienone is 4. The van der Waals surface area contributed by atoms with Crippen LogP contribution in [0.5, 0.6) is 0 Å². The van der Waals surface area contributed by atoms with Gasteiger partial charge in [-0.1, -0.05) is 159 Å². The molecule has 0 aliphatic rings. The summed E-state index contributed by atoms with van der Waals surface area (Å²) in [5, 5.41) is 6.59. The standard InChI is InChI=1S/C60H40N2O/c1-3-14-47(4-2)61-53-33-29-45(43-25-21-41(22-26-43)39-15-8-5-9-16-39)37-51(53)57-55(61)35-31-49-50-32-36-56-58(60(50)63-59(49)57)52-38-46(30-34-54(52)62(56)48-19-12-7-13-20-48)44-27-23-42(24-28-44)40-17-10-6-11-18-40/h3-38H,1-2H2/b47-14+. The summed E-state index contributed by atoms with van der Waals surface area (Å²) in [5.41, 5.74) is 17.6. The Balaban J connectivity index is 1.11. The fraction of sp³-hybridized carbons (Fsp3) is 0. The highest BCUT2D eigenvalue weighted by molar-refractivity contribution is 6.29. The van der Waals surface area contributed by atoms with Crippen LogP contribution in [-0.4, -0.2) is 9.13 Å². The van der Waals surface area contributed by atoms with Gasteiger partial charge in [0.15, 0.2) is 0 Å². The monoisotopic (exact) mass is 804 g/mol. The van der Waals surface area contributed by atoms with Gasteiger partial charge in [0, 0.05) is 32.9 Å². The Hall–Kier alpha value is -8.40. The molecule has 0 bridgehead atoms. The predicted molar refractivity (Wildman–Crippen MR) is 267 cm³/mol. The molecule has 0 unspecified atom stereocenters. The van der Waals surface area contributed by atoms with Crippen LogP contribution in [0.15, 0.2) is 236 Å². The van der Waals surface area contributed by atoms with Crippen molar-refractivity contribution < 1.29 is 4.42 Å². The maximum absolute atomic E-state index is 7.36. The molecule has 9 aromatic carbocycles. The van der Waals surface area contributed by atoms with E-state index in [0.717, 1.165) is 93.6 Å². The Bertz CT molecular complexity index is 3770. The SMILES string of the molecule is C=C/C=C(\C=C)n1c2ccc(-c3ccc(-c4ccccc4)cc3)cc2c2c3oc4c(ccc5c4c4cc(-c6ccc(-c7ccccc7)cc6)ccc4n5-c4ccccc4)c3ccc21. The third-order valence-electron chi connectivity index (χ3n) is 12.7. The van der Waals surface area contributed by atoms with E-state index in [2.05, 4.69) is 222 Å². The first-order valence-corrected chi connectivity index (χ1v) is 21.4. The maximum atomic E-state index is 7.36. The number of benzene rings is 9. The minimum absolute atomic E-state index is 0.866. The van der Waals surface area contributed by atoms with Crippen LogP contribution in [0.25, 0.3) is 121 Å². The minimum Gasteiger partial charge on any atom is -0.455 e.